The highest BCUT2D eigenvalue weighted by Gasteiger charge is 2.23. The number of hydrogen-bond donors (Lipinski definition) is 1. The quantitative estimate of drug-likeness (QED) is 0.421. The lowest BCUT2D eigenvalue weighted by atomic mass is 9.97. The maximum Gasteiger partial charge on any atom is 0.271 e. The number of halogens is 2. The molecule has 1 fully saturated rings. The summed E-state index contributed by atoms with van der Waals surface area (Å²) < 4.78 is 31.3. The van der Waals surface area contributed by atoms with Crippen LogP contribution in [0.15, 0.2) is 59.5 Å². The number of benzene rings is 3. The minimum atomic E-state index is -3.98. The lowest BCUT2D eigenvalue weighted by Crippen LogP contribution is -2.27. The van der Waals surface area contributed by atoms with Gasteiger partial charge in [-0.05, 0) is 72.3 Å². The van der Waals surface area contributed by atoms with Crippen molar-refractivity contribution in [2.45, 2.75) is 24.3 Å². The number of ether oxygens (including phenoxy) is 1. The number of likely N-dealkylation sites (tertiary alicyclic amines) is 1. The third-order valence-corrected chi connectivity index (χ3v) is 7.77. The van der Waals surface area contributed by atoms with Crippen LogP contribution in [0.3, 0.4) is 0 Å². The zero-order valence-electron chi connectivity index (χ0n) is 19.1. The van der Waals surface area contributed by atoms with Crippen molar-refractivity contribution in [2.24, 2.45) is 0 Å². The Hall–Kier alpha value is -2.80. The number of likely N-dealkylation sites (N-methyl/N-ethyl adjacent to an activating group) is 1. The van der Waals surface area contributed by atoms with Crippen molar-refractivity contribution in [1.29, 1.82) is 5.26 Å². The van der Waals surface area contributed by atoms with Gasteiger partial charge in [0.1, 0.15) is 23.5 Å². The predicted molar refractivity (Wildman–Crippen MR) is 135 cm³/mol. The second-order valence-corrected chi connectivity index (χ2v) is 10.7. The van der Waals surface area contributed by atoms with Crippen LogP contribution in [0.2, 0.25) is 10.0 Å². The van der Waals surface area contributed by atoms with Crippen LogP contribution in [0.5, 0.6) is 11.5 Å². The molecule has 1 aliphatic heterocycles. The van der Waals surface area contributed by atoms with E-state index >= 15 is 0 Å². The van der Waals surface area contributed by atoms with Crippen LogP contribution >= 0.6 is 23.2 Å². The van der Waals surface area contributed by atoms with E-state index in [0.29, 0.717) is 21.9 Å². The Kier molecular flexibility index (Phi) is 7.55. The lowest BCUT2D eigenvalue weighted by molar-refractivity contribution is 0.208. The highest BCUT2D eigenvalue weighted by atomic mass is 35.5. The van der Waals surface area contributed by atoms with E-state index in [9.17, 15) is 13.7 Å². The molecular formula is C25H23Cl2N3O4S. The monoisotopic (exact) mass is 531 g/mol. The Bertz CT molecular complexity index is 1390. The van der Waals surface area contributed by atoms with Gasteiger partial charge in [0, 0.05) is 13.1 Å². The molecule has 1 heterocycles. The SMILES string of the molecule is Cc1c(-c2ccc(Cl)c(O[C@@H]3CCN(C)C3)c2)cc(ONS(=O)(=O)c2ccccc2)c(C#N)c1Cl. The molecular weight excluding hydrogens is 509 g/mol. The molecule has 3 aromatic carbocycles. The Balaban J connectivity index is 1.68. The molecule has 1 saturated heterocycles. The van der Waals surface area contributed by atoms with Gasteiger partial charge < -0.3 is 14.5 Å². The van der Waals surface area contributed by atoms with Crippen molar-refractivity contribution in [3.05, 3.63) is 75.8 Å². The molecule has 0 radical (unpaired) electrons. The van der Waals surface area contributed by atoms with Crippen molar-refractivity contribution < 1.29 is 18.0 Å². The first-order chi connectivity index (χ1) is 16.7. The van der Waals surface area contributed by atoms with Crippen LogP contribution in [-0.2, 0) is 10.0 Å². The lowest BCUT2D eigenvalue weighted by Gasteiger charge is -2.18. The van der Waals surface area contributed by atoms with E-state index in [0.717, 1.165) is 25.1 Å². The minimum Gasteiger partial charge on any atom is -0.487 e. The van der Waals surface area contributed by atoms with Gasteiger partial charge in [-0.15, -0.1) is 0 Å². The zero-order valence-corrected chi connectivity index (χ0v) is 21.4. The van der Waals surface area contributed by atoms with Crippen molar-refractivity contribution in [2.75, 3.05) is 20.1 Å². The van der Waals surface area contributed by atoms with Gasteiger partial charge in [0.2, 0.25) is 0 Å². The van der Waals surface area contributed by atoms with Crippen LogP contribution in [0.4, 0.5) is 0 Å². The molecule has 182 valence electrons. The molecule has 4 rings (SSSR count). The Morgan fingerprint density at radius 2 is 1.86 bits per heavy atom. The van der Waals surface area contributed by atoms with E-state index in [1.54, 1.807) is 43.3 Å². The second kappa shape index (κ2) is 10.4. The predicted octanol–water partition coefficient (Wildman–Crippen LogP) is 5.20. The summed E-state index contributed by atoms with van der Waals surface area (Å²) in [5.74, 6) is 0.518. The van der Waals surface area contributed by atoms with Crippen molar-refractivity contribution in [3.63, 3.8) is 0 Å². The summed E-state index contributed by atoms with van der Waals surface area (Å²) in [5, 5.41) is 10.3. The minimum absolute atomic E-state index is 0.0168. The van der Waals surface area contributed by atoms with Crippen molar-refractivity contribution >= 4 is 33.2 Å². The number of nitrogens with zero attached hydrogens (tertiary/aromatic N) is 2. The van der Waals surface area contributed by atoms with E-state index in [1.165, 1.54) is 12.1 Å². The fourth-order valence-corrected chi connectivity index (χ4v) is 5.10. The topological polar surface area (TPSA) is 91.7 Å². The fraction of sp³-hybridized carbons (Fsp3) is 0.240. The van der Waals surface area contributed by atoms with Gasteiger partial charge in [-0.1, -0.05) is 47.5 Å². The normalized spacial score (nSPS) is 16.1. The third-order valence-electron chi connectivity index (χ3n) is 5.79. The molecule has 0 unspecified atom stereocenters. The number of sulfonamides is 1. The molecule has 10 heteroatoms. The molecule has 1 atom stereocenters. The molecule has 0 amide bonds. The number of nitriles is 1. The highest BCUT2D eigenvalue weighted by molar-refractivity contribution is 7.89. The summed E-state index contributed by atoms with van der Waals surface area (Å²) in [6.45, 7) is 3.53. The molecule has 1 aliphatic rings. The van der Waals surface area contributed by atoms with Crippen molar-refractivity contribution in [3.8, 4) is 28.7 Å². The largest absolute Gasteiger partial charge is 0.487 e. The van der Waals surface area contributed by atoms with Crippen LogP contribution in [0, 0.1) is 18.3 Å². The average molecular weight is 532 g/mol. The maximum absolute atomic E-state index is 12.6. The van der Waals surface area contributed by atoms with Gasteiger partial charge in [0.05, 0.1) is 14.9 Å². The number of nitrogens with one attached hydrogen (secondary N) is 1. The van der Waals surface area contributed by atoms with E-state index in [2.05, 4.69) is 9.79 Å². The highest BCUT2D eigenvalue weighted by Crippen LogP contribution is 2.39. The van der Waals surface area contributed by atoms with Gasteiger partial charge in [-0.25, -0.2) is 8.42 Å². The summed E-state index contributed by atoms with van der Waals surface area (Å²) in [6, 6.07) is 16.7. The summed E-state index contributed by atoms with van der Waals surface area (Å²) in [6.07, 6.45) is 0.933. The van der Waals surface area contributed by atoms with Gasteiger partial charge in [0.25, 0.3) is 10.0 Å². The van der Waals surface area contributed by atoms with Gasteiger partial charge in [-0.3, -0.25) is 0 Å². The van der Waals surface area contributed by atoms with Crippen LogP contribution < -0.4 is 14.5 Å². The first kappa shape index (κ1) is 25.3. The Morgan fingerprint density at radius 1 is 1.11 bits per heavy atom. The number of rotatable bonds is 7. The first-order valence-electron chi connectivity index (χ1n) is 10.8. The van der Waals surface area contributed by atoms with Crippen LogP contribution in [0.25, 0.3) is 11.1 Å². The van der Waals surface area contributed by atoms with Crippen LogP contribution in [0.1, 0.15) is 17.5 Å². The molecule has 0 spiro atoms. The first-order valence-corrected chi connectivity index (χ1v) is 13.1. The van der Waals surface area contributed by atoms with Gasteiger partial charge in [-0.2, -0.15) is 5.26 Å². The second-order valence-electron chi connectivity index (χ2n) is 8.29. The molecule has 1 N–H and O–H groups in total. The molecule has 0 aromatic heterocycles. The summed E-state index contributed by atoms with van der Waals surface area (Å²) in [5.41, 5.74) is 2.03. The smallest absolute Gasteiger partial charge is 0.271 e. The van der Waals surface area contributed by atoms with E-state index in [1.807, 2.05) is 19.2 Å². The van der Waals surface area contributed by atoms with Crippen molar-refractivity contribution in [1.82, 2.24) is 9.79 Å². The molecule has 3 aromatic rings. The standard InChI is InChI=1S/C25H23Cl2N3O4S/c1-16-20(17-8-9-22(26)24(12-17)33-18-10-11-30(2)15-18)13-23(21(14-28)25(16)27)34-29-35(31,32)19-6-4-3-5-7-19/h3-9,12-13,18,29H,10-11,15H2,1-2H3/t18-/m1/s1. The fourth-order valence-electron chi connectivity index (χ4n) is 3.89. The van der Waals surface area contributed by atoms with E-state index in [-0.39, 0.29) is 27.3 Å². The summed E-state index contributed by atoms with van der Waals surface area (Å²) >= 11 is 12.9. The summed E-state index contributed by atoms with van der Waals surface area (Å²) in [4.78, 5) is 9.70. The number of hydrogen-bond acceptors (Lipinski definition) is 6. The zero-order chi connectivity index (χ0) is 25.2. The van der Waals surface area contributed by atoms with Crippen LogP contribution in [-0.4, -0.2) is 39.6 Å². The van der Waals surface area contributed by atoms with E-state index in [4.69, 9.17) is 32.8 Å². The summed E-state index contributed by atoms with van der Waals surface area (Å²) in [7, 11) is -1.94. The molecule has 0 bridgehead atoms. The van der Waals surface area contributed by atoms with Gasteiger partial charge >= 0.3 is 0 Å². The van der Waals surface area contributed by atoms with Gasteiger partial charge in [0.15, 0.2) is 5.75 Å². The average Bonchev–Trinajstić information content (AvgIpc) is 3.26. The molecule has 35 heavy (non-hydrogen) atoms. The molecule has 7 nitrogen and oxygen atoms in total. The molecule has 0 aliphatic carbocycles. The van der Waals surface area contributed by atoms with E-state index < -0.39 is 10.0 Å². The maximum atomic E-state index is 12.6. The third kappa shape index (κ3) is 5.56. The molecule has 0 saturated carbocycles. The Labute approximate surface area is 214 Å². The Morgan fingerprint density at radius 3 is 2.51 bits per heavy atom.